The van der Waals surface area contributed by atoms with E-state index in [1.54, 1.807) is 18.9 Å². The summed E-state index contributed by atoms with van der Waals surface area (Å²) in [6.07, 6.45) is 1.85. The summed E-state index contributed by atoms with van der Waals surface area (Å²) in [6, 6.07) is 10.1. The van der Waals surface area contributed by atoms with Crippen LogP contribution in [0.2, 0.25) is 0 Å². The third-order valence-electron chi connectivity index (χ3n) is 3.37. The third kappa shape index (κ3) is 3.04. The van der Waals surface area contributed by atoms with Crippen LogP contribution in [0.5, 0.6) is 5.75 Å². The van der Waals surface area contributed by atoms with Gasteiger partial charge in [0.25, 0.3) is 0 Å². The number of aromatic nitrogens is 3. The number of thioether (sulfide) groups is 1. The summed E-state index contributed by atoms with van der Waals surface area (Å²) in [6.45, 7) is 3.91. The van der Waals surface area contributed by atoms with Gasteiger partial charge < -0.3 is 4.74 Å². The fourth-order valence-corrected chi connectivity index (χ4v) is 3.22. The number of fused-ring (bicyclic) bond motifs is 1. The maximum absolute atomic E-state index is 5.35. The van der Waals surface area contributed by atoms with E-state index in [2.05, 4.69) is 21.0 Å². The average Bonchev–Trinajstić information content (AvgIpc) is 2.53. The second-order valence-corrected chi connectivity index (χ2v) is 5.99. The lowest BCUT2D eigenvalue weighted by atomic mass is 10.2. The standard InChI is InChI=1S/C17H17N3OS/c1-11-9-18-13(8-16(11)21-3)10-22-17-14-6-4-5-7-15(14)19-12(2)20-17/h4-9H,10H2,1-3H3. The van der Waals surface area contributed by atoms with E-state index in [1.807, 2.05) is 44.3 Å². The lowest BCUT2D eigenvalue weighted by Gasteiger charge is -2.08. The van der Waals surface area contributed by atoms with Crippen molar-refractivity contribution in [3.05, 3.63) is 53.6 Å². The van der Waals surface area contributed by atoms with Gasteiger partial charge in [-0.2, -0.15) is 0 Å². The maximum Gasteiger partial charge on any atom is 0.127 e. The largest absolute Gasteiger partial charge is 0.496 e. The van der Waals surface area contributed by atoms with Gasteiger partial charge in [0.15, 0.2) is 0 Å². The molecule has 4 nitrogen and oxygen atoms in total. The summed E-state index contributed by atoms with van der Waals surface area (Å²) in [5.74, 6) is 2.40. The summed E-state index contributed by atoms with van der Waals surface area (Å²) in [4.78, 5) is 13.5. The van der Waals surface area contributed by atoms with Crippen LogP contribution in [0, 0.1) is 13.8 Å². The number of hydrogen-bond acceptors (Lipinski definition) is 5. The Morgan fingerprint density at radius 3 is 2.77 bits per heavy atom. The minimum absolute atomic E-state index is 0.747. The highest BCUT2D eigenvalue weighted by Gasteiger charge is 2.08. The van der Waals surface area contributed by atoms with E-state index in [1.165, 1.54) is 0 Å². The molecule has 3 rings (SSSR count). The van der Waals surface area contributed by atoms with Gasteiger partial charge in [0.1, 0.15) is 16.6 Å². The Balaban J connectivity index is 1.88. The van der Waals surface area contributed by atoms with Crippen LogP contribution in [0.1, 0.15) is 17.1 Å². The van der Waals surface area contributed by atoms with Crippen molar-refractivity contribution in [2.24, 2.45) is 0 Å². The number of para-hydroxylation sites is 1. The molecule has 0 bridgehead atoms. The van der Waals surface area contributed by atoms with E-state index >= 15 is 0 Å². The molecule has 0 spiro atoms. The molecule has 0 amide bonds. The van der Waals surface area contributed by atoms with Gasteiger partial charge >= 0.3 is 0 Å². The minimum Gasteiger partial charge on any atom is -0.496 e. The van der Waals surface area contributed by atoms with Crippen molar-refractivity contribution in [3.63, 3.8) is 0 Å². The van der Waals surface area contributed by atoms with Crippen LogP contribution < -0.4 is 4.74 Å². The van der Waals surface area contributed by atoms with E-state index in [0.29, 0.717) is 0 Å². The number of aryl methyl sites for hydroxylation is 2. The monoisotopic (exact) mass is 311 g/mol. The normalized spacial score (nSPS) is 10.9. The molecule has 3 aromatic rings. The Kier molecular flexibility index (Phi) is 4.24. The van der Waals surface area contributed by atoms with Gasteiger partial charge in [-0.1, -0.05) is 30.0 Å². The molecular weight excluding hydrogens is 294 g/mol. The average molecular weight is 311 g/mol. The van der Waals surface area contributed by atoms with Gasteiger partial charge in [0, 0.05) is 29.0 Å². The second-order valence-electron chi connectivity index (χ2n) is 5.03. The van der Waals surface area contributed by atoms with Crippen LogP contribution in [-0.4, -0.2) is 22.1 Å². The molecule has 0 N–H and O–H groups in total. The van der Waals surface area contributed by atoms with Gasteiger partial charge in [-0.3, -0.25) is 4.98 Å². The number of benzene rings is 1. The molecule has 0 aliphatic rings. The van der Waals surface area contributed by atoms with Crippen LogP contribution in [-0.2, 0) is 5.75 Å². The van der Waals surface area contributed by atoms with Crippen LogP contribution in [0.25, 0.3) is 10.9 Å². The first-order chi connectivity index (χ1) is 10.7. The van der Waals surface area contributed by atoms with E-state index in [-0.39, 0.29) is 0 Å². The molecule has 0 aliphatic heterocycles. The van der Waals surface area contributed by atoms with Crippen molar-refractivity contribution in [1.29, 1.82) is 0 Å². The van der Waals surface area contributed by atoms with E-state index in [0.717, 1.165) is 44.5 Å². The van der Waals surface area contributed by atoms with Gasteiger partial charge in [-0.15, -0.1) is 0 Å². The molecule has 0 radical (unpaired) electrons. The highest BCUT2D eigenvalue weighted by Crippen LogP contribution is 2.28. The Morgan fingerprint density at radius 1 is 1.14 bits per heavy atom. The molecule has 0 saturated heterocycles. The van der Waals surface area contributed by atoms with Crippen molar-refractivity contribution in [1.82, 2.24) is 15.0 Å². The van der Waals surface area contributed by atoms with Crippen LogP contribution in [0.3, 0.4) is 0 Å². The van der Waals surface area contributed by atoms with Crippen LogP contribution >= 0.6 is 11.8 Å². The van der Waals surface area contributed by atoms with Crippen LogP contribution in [0.4, 0.5) is 0 Å². The highest BCUT2D eigenvalue weighted by atomic mass is 32.2. The first-order valence-electron chi connectivity index (χ1n) is 7.03. The third-order valence-corrected chi connectivity index (χ3v) is 4.39. The first-order valence-corrected chi connectivity index (χ1v) is 8.01. The highest BCUT2D eigenvalue weighted by molar-refractivity contribution is 7.98. The predicted molar refractivity (Wildman–Crippen MR) is 89.4 cm³/mol. The smallest absolute Gasteiger partial charge is 0.127 e. The van der Waals surface area contributed by atoms with E-state index < -0.39 is 0 Å². The molecule has 112 valence electrons. The second kappa shape index (κ2) is 6.32. The topological polar surface area (TPSA) is 47.9 Å². The van der Waals surface area contributed by atoms with E-state index in [4.69, 9.17) is 4.74 Å². The quantitative estimate of drug-likeness (QED) is 0.539. The zero-order valence-electron chi connectivity index (χ0n) is 12.8. The van der Waals surface area contributed by atoms with Crippen molar-refractivity contribution >= 4 is 22.7 Å². The fraction of sp³-hybridized carbons (Fsp3) is 0.235. The number of ether oxygens (including phenoxy) is 1. The van der Waals surface area contributed by atoms with Crippen LogP contribution in [0.15, 0.2) is 41.6 Å². The first kappa shape index (κ1) is 14.8. The zero-order chi connectivity index (χ0) is 15.5. The molecule has 0 atom stereocenters. The number of rotatable bonds is 4. The van der Waals surface area contributed by atoms with Crippen molar-refractivity contribution in [2.45, 2.75) is 24.6 Å². The summed E-state index contributed by atoms with van der Waals surface area (Å²) < 4.78 is 5.35. The van der Waals surface area contributed by atoms with E-state index in [9.17, 15) is 0 Å². The number of hydrogen-bond donors (Lipinski definition) is 0. The Hall–Kier alpha value is -2.14. The lowest BCUT2D eigenvalue weighted by Crippen LogP contribution is -1.95. The molecule has 5 heteroatoms. The summed E-state index contributed by atoms with van der Waals surface area (Å²) in [7, 11) is 1.68. The minimum atomic E-state index is 0.747. The summed E-state index contributed by atoms with van der Waals surface area (Å²) in [5, 5.41) is 2.07. The molecule has 0 saturated carbocycles. The molecule has 0 aliphatic carbocycles. The van der Waals surface area contributed by atoms with Crippen molar-refractivity contribution < 1.29 is 4.74 Å². The lowest BCUT2D eigenvalue weighted by molar-refractivity contribution is 0.410. The molecular formula is C17H17N3OS. The van der Waals surface area contributed by atoms with Gasteiger partial charge in [-0.05, 0) is 19.9 Å². The van der Waals surface area contributed by atoms with Gasteiger partial charge in [-0.25, -0.2) is 9.97 Å². The predicted octanol–water partition coefficient (Wildman–Crippen LogP) is 3.94. The van der Waals surface area contributed by atoms with Gasteiger partial charge in [0.2, 0.25) is 0 Å². The fourth-order valence-electron chi connectivity index (χ4n) is 2.26. The number of pyridine rings is 1. The molecule has 2 aromatic heterocycles. The van der Waals surface area contributed by atoms with Crippen molar-refractivity contribution in [2.75, 3.05) is 7.11 Å². The summed E-state index contributed by atoms with van der Waals surface area (Å²) >= 11 is 1.67. The Morgan fingerprint density at radius 2 is 1.95 bits per heavy atom. The SMILES string of the molecule is COc1cc(CSc2nc(C)nc3ccccc23)ncc1C. The zero-order valence-corrected chi connectivity index (χ0v) is 13.6. The molecule has 2 heterocycles. The van der Waals surface area contributed by atoms with Crippen molar-refractivity contribution in [3.8, 4) is 5.75 Å². The Bertz CT molecular complexity index is 820. The molecule has 0 fully saturated rings. The maximum atomic E-state index is 5.35. The molecule has 0 unspecified atom stereocenters. The number of nitrogens with zero attached hydrogens (tertiary/aromatic N) is 3. The molecule has 22 heavy (non-hydrogen) atoms. The summed E-state index contributed by atoms with van der Waals surface area (Å²) in [5.41, 5.74) is 3.00. The Labute approximate surface area is 134 Å². The molecule has 1 aromatic carbocycles. The van der Waals surface area contributed by atoms with Gasteiger partial charge in [0.05, 0.1) is 18.3 Å². The number of methoxy groups -OCH3 is 1.